The topological polar surface area (TPSA) is 74.8 Å². The number of benzene rings is 2. The van der Waals surface area contributed by atoms with Crippen LogP contribution in [0.25, 0.3) is 0 Å². The number of sulfonamides is 1. The van der Waals surface area contributed by atoms with Crippen molar-refractivity contribution in [1.29, 1.82) is 0 Å². The minimum absolute atomic E-state index is 0.0565. The van der Waals surface area contributed by atoms with E-state index in [2.05, 4.69) is 0 Å². The van der Waals surface area contributed by atoms with E-state index in [0.29, 0.717) is 18.7 Å². The molecule has 2 aromatic carbocycles. The van der Waals surface area contributed by atoms with Gasteiger partial charge in [0, 0.05) is 44.6 Å². The van der Waals surface area contributed by atoms with Crippen LogP contribution in [0.5, 0.6) is 0 Å². The number of hydrogen-bond donors (Lipinski definition) is 0. The van der Waals surface area contributed by atoms with Gasteiger partial charge in [-0.05, 0) is 26.0 Å². The second-order valence-electron chi connectivity index (χ2n) is 7.39. The Bertz CT molecular complexity index is 974. The second-order valence-corrected chi connectivity index (χ2v) is 9.33. The van der Waals surface area contributed by atoms with Gasteiger partial charge in [-0.25, -0.2) is 8.42 Å². The Kier molecular flexibility index (Phi) is 6.49. The largest absolute Gasteiger partial charge is 0.340 e. The third-order valence-corrected chi connectivity index (χ3v) is 7.10. The lowest BCUT2D eigenvalue weighted by molar-refractivity contribution is -0.132. The average Bonchev–Trinajstić information content (AvgIpc) is 2.72. The first-order chi connectivity index (χ1) is 13.8. The fraction of sp³-hybridized carbons (Fsp3) is 0.364. The van der Waals surface area contributed by atoms with E-state index in [9.17, 15) is 18.0 Å². The van der Waals surface area contributed by atoms with Gasteiger partial charge in [0.15, 0.2) is 5.78 Å². The molecule has 0 N–H and O–H groups in total. The van der Waals surface area contributed by atoms with Crippen molar-refractivity contribution in [3.63, 3.8) is 0 Å². The van der Waals surface area contributed by atoms with Crippen molar-refractivity contribution in [3.8, 4) is 0 Å². The van der Waals surface area contributed by atoms with Gasteiger partial charge >= 0.3 is 0 Å². The van der Waals surface area contributed by atoms with Gasteiger partial charge in [-0.1, -0.05) is 47.5 Å². The number of nitrogens with zero attached hydrogens (tertiary/aromatic N) is 2. The Balaban J connectivity index is 1.52. The zero-order chi connectivity index (χ0) is 21.0. The minimum atomic E-state index is -3.55. The summed E-state index contributed by atoms with van der Waals surface area (Å²) in [5.41, 5.74) is 2.69. The van der Waals surface area contributed by atoms with Crippen molar-refractivity contribution in [2.45, 2.75) is 31.6 Å². The van der Waals surface area contributed by atoms with Crippen molar-refractivity contribution in [2.75, 3.05) is 26.2 Å². The van der Waals surface area contributed by atoms with E-state index in [0.717, 1.165) is 11.1 Å². The highest BCUT2D eigenvalue weighted by atomic mass is 32.2. The first kappa shape index (κ1) is 21.2. The van der Waals surface area contributed by atoms with Crippen molar-refractivity contribution in [1.82, 2.24) is 9.21 Å². The van der Waals surface area contributed by atoms with Crippen LogP contribution in [0.3, 0.4) is 0 Å². The lowest BCUT2D eigenvalue weighted by Crippen LogP contribution is -2.50. The van der Waals surface area contributed by atoms with Crippen molar-refractivity contribution in [2.24, 2.45) is 0 Å². The van der Waals surface area contributed by atoms with Gasteiger partial charge in [-0.2, -0.15) is 4.31 Å². The number of piperazine rings is 1. The summed E-state index contributed by atoms with van der Waals surface area (Å²) < 4.78 is 26.9. The van der Waals surface area contributed by atoms with E-state index in [1.165, 1.54) is 4.31 Å². The van der Waals surface area contributed by atoms with Crippen LogP contribution < -0.4 is 0 Å². The molecule has 1 heterocycles. The Morgan fingerprint density at radius 1 is 0.793 bits per heavy atom. The maximum atomic E-state index is 12.7. The smallest absolute Gasteiger partial charge is 0.243 e. The summed E-state index contributed by atoms with van der Waals surface area (Å²) in [6.07, 6.45) is 0.293. The standard InChI is InChI=1S/C22H26N2O4S/c1-17-3-7-19(8-4-17)21(25)11-12-22(26)23-13-15-24(16-14-23)29(27,28)20-9-5-18(2)6-10-20/h3-10H,11-16H2,1-2H3. The minimum Gasteiger partial charge on any atom is -0.340 e. The fourth-order valence-electron chi connectivity index (χ4n) is 3.30. The van der Waals surface area contributed by atoms with Crippen LogP contribution in [-0.2, 0) is 14.8 Å². The Labute approximate surface area is 172 Å². The molecule has 0 aromatic heterocycles. The van der Waals surface area contributed by atoms with Gasteiger partial charge in [0.25, 0.3) is 0 Å². The van der Waals surface area contributed by atoms with Crippen LogP contribution in [0, 0.1) is 13.8 Å². The van der Waals surface area contributed by atoms with E-state index in [-0.39, 0.29) is 42.5 Å². The fourth-order valence-corrected chi connectivity index (χ4v) is 4.72. The summed E-state index contributed by atoms with van der Waals surface area (Å²) in [5.74, 6) is -0.170. The molecule has 1 amide bonds. The summed E-state index contributed by atoms with van der Waals surface area (Å²) >= 11 is 0. The summed E-state index contributed by atoms with van der Waals surface area (Å²) in [6.45, 7) is 5.05. The van der Waals surface area contributed by atoms with Crippen LogP contribution in [0.2, 0.25) is 0 Å². The molecule has 1 aliphatic rings. The Hall–Kier alpha value is -2.51. The molecule has 0 unspecified atom stereocenters. The molecule has 1 fully saturated rings. The maximum Gasteiger partial charge on any atom is 0.243 e. The molecular formula is C22H26N2O4S. The predicted octanol–water partition coefficient (Wildman–Crippen LogP) is 2.80. The summed E-state index contributed by atoms with van der Waals surface area (Å²) in [5, 5.41) is 0. The molecule has 3 rings (SSSR count). The van der Waals surface area contributed by atoms with Gasteiger partial charge in [0.1, 0.15) is 0 Å². The van der Waals surface area contributed by atoms with Gasteiger partial charge in [-0.3, -0.25) is 9.59 Å². The number of rotatable bonds is 6. The van der Waals surface area contributed by atoms with Gasteiger partial charge in [0.05, 0.1) is 4.90 Å². The SMILES string of the molecule is Cc1ccc(C(=O)CCC(=O)N2CCN(S(=O)(=O)c3ccc(C)cc3)CC2)cc1. The number of aryl methyl sites for hydroxylation is 2. The summed E-state index contributed by atoms with van der Waals surface area (Å²) in [7, 11) is -3.55. The van der Waals surface area contributed by atoms with E-state index < -0.39 is 10.0 Å². The highest BCUT2D eigenvalue weighted by molar-refractivity contribution is 7.89. The monoisotopic (exact) mass is 414 g/mol. The number of carbonyl (C=O) groups is 2. The first-order valence-electron chi connectivity index (χ1n) is 9.72. The predicted molar refractivity (Wildman–Crippen MR) is 111 cm³/mol. The average molecular weight is 415 g/mol. The van der Waals surface area contributed by atoms with Crippen molar-refractivity contribution < 1.29 is 18.0 Å². The molecule has 29 heavy (non-hydrogen) atoms. The molecule has 0 aliphatic carbocycles. The van der Waals surface area contributed by atoms with E-state index in [1.807, 2.05) is 26.0 Å². The summed E-state index contributed by atoms with van der Waals surface area (Å²) in [6, 6.07) is 14.1. The third-order valence-electron chi connectivity index (χ3n) is 5.19. The lowest BCUT2D eigenvalue weighted by Gasteiger charge is -2.34. The Morgan fingerprint density at radius 2 is 1.31 bits per heavy atom. The third kappa shape index (κ3) is 5.10. The van der Waals surface area contributed by atoms with Crippen LogP contribution in [-0.4, -0.2) is 55.5 Å². The van der Waals surface area contributed by atoms with E-state index in [4.69, 9.17) is 0 Å². The first-order valence-corrected chi connectivity index (χ1v) is 11.2. The summed E-state index contributed by atoms with van der Waals surface area (Å²) in [4.78, 5) is 26.6. The number of hydrogen-bond acceptors (Lipinski definition) is 4. The van der Waals surface area contributed by atoms with Crippen LogP contribution in [0.15, 0.2) is 53.4 Å². The molecule has 0 radical (unpaired) electrons. The van der Waals surface area contributed by atoms with Gasteiger partial charge < -0.3 is 4.90 Å². The second kappa shape index (κ2) is 8.88. The molecule has 2 aromatic rings. The zero-order valence-corrected chi connectivity index (χ0v) is 17.6. The number of carbonyl (C=O) groups excluding carboxylic acids is 2. The highest BCUT2D eigenvalue weighted by Crippen LogP contribution is 2.19. The number of Topliss-reactive ketones (excluding diaryl/α,β-unsaturated/α-hetero) is 1. The molecule has 0 saturated carbocycles. The highest BCUT2D eigenvalue weighted by Gasteiger charge is 2.30. The molecule has 1 saturated heterocycles. The zero-order valence-electron chi connectivity index (χ0n) is 16.8. The van der Waals surface area contributed by atoms with Gasteiger partial charge in [0.2, 0.25) is 15.9 Å². The Morgan fingerprint density at radius 3 is 1.86 bits per heavy atom. The van der Waals surface area contributed by atoms with Gasteiger partial charge in [-0.15, -0.1) is 0 Å². The molecule has 1 aliphatic heterocycles. The van der Waals surface area contributed by atoms with Crippen LogP contribution >= 0.6 is 0 Å². The lowest BCUT2D eigenvalue weighted by atomic mass is 10.0. The van der Waals surface area contributed by atoms with Crippen LogP contribution in [0.4, 0.5) is 0 Å². The van der Waals surface area contributed by atoms with E-state index in [1.54, 1.807) is 41.3 Å². The molecule has 7 heteroatoms. The quantitative estimate of drug-likeness (QED) is 0.681. The molecule has 0 bridgehead atoms. The molecule has 0 atom stereocenters. The molecular weight excluding hydrogens is 388 g/mol. The molecule has 6 nitrogen and oxygen atoms in total. The number of ketones is 1. The van der Waals surface area contributed by atoms with Crippen LogP contribution in [0.1, 0.15) is 34.3 Å². The van der Waals surface area contributed by atoms with Crippen molar-refractivity contribution >= 4 is 21.7 Å². The van der Waals surface area contributed by atoms with Crippen molar-refractivity contribution in [3.05, 3.63) is 65.2 Å². The molecule has 154 valence electrons. The molecule has 0 spiro atoms. The maximum absolute atomic E-state index is 12.7. The normalized spacial score (nSPS) is 15.3. The van der Waals surface area contributed by atoms with E-state index >= 15 is 0 Å². The number of amides is 1.